The van der Waals surface area contributed by atoms with Crippen LogP contribution in [0.5, 0.6) is 5.75 Å². The van der Waals surface area contributed by atoms with E-state index in [1.165, 1.54) is 24.4 Å². The van der Waals surface area contributed by atoms with Crippen LogP contribution in [0.4, 0.5) is 18.9 Å². The third-order valence-corrected chi connectivity index (χ3v) is 3.02. The van der Waals surface area contributed by atoms with Crippen molar-refractivity contribution >= 4 is 11.5 Å². The molecule has 9 heteroatoms. The van der Waals surface area contributed by atoms with Gasteiger partial charge in [-0.15, -0.1) is 13.2 Å². The highest BCUT2D eigenvalue weighted by Gasteiger charge is 2.31. The van der Waals surface area contributed by atoms with Gasteiger partial charge in [0.15, 0.2) is 5.78 Å². The van der Waals surface area contributed by atoms with E-state index in [9.17, 15) is 18.0 Å². The first-order valence-corrected chi connectivity index (χ1v) is 6.68. The molecule has 6 nitrogen and oxygen atoms in total. The molecule has 0 bridgehead atoms. The van der Waals surface area contributed by atoms with Gasteiger partial charge in [-0.3, -0.25) is 9.78 Å². The highest BCUT2D eigenvalue weighted by molar-refractivity contribution is 5.97. The molecular formula is C15H11F3N4O2. The lowest BCUT2D eigenvalue weighted by Gasteiger charge is -2.10. The molecular weight excluding hydrogens is 325 g/mol. The van der Waals surface area contributed by atoms with Gasteiger partial charge in [0.2, 0.25) is 0 Å². The first-order valence-electron chi connectivity index (χ1n) is 6.68. The predicted molar refractivity (Wildman–Crippen MR) is 78.9 cm³/mol. The van der Waals surface area contributed by atoms with Gasteiger partial charge in [0.1, 0.15) is 5.75 Å². The van der Waals surface area contributed by atoms with E-state index >= 15 is 0 Å². The first kappa shape index (κ1) is 17.3. The Bertz CT molecular complexity index is 815. The van der Waals surface area contributed by atoms with E-state index in [2.05, 4.69) is 19.7 Å². The van der Waals surface area contributed by atoms with Crippen LogP contribution in [0.25, 0.3) is 10.4 Å². The molecule has 1 aromatic carbocycles. The lowest BCUT2D eigenvalue weighted by atomic mass is 10.0. The molecule has 0 radical (unpaired) electrons. The first-order chi connectivity index (χ1) is 11.3. The van der Waals surface area contributed by atoms with Gasteiger partial charge in [-0.2, -0.15) is 0 Å². The summed E-state index contributed by atoms with van der Waals surface area (Å²) in [6, 6.07) is 6.33. The van der Waals surface area contributed by atoms with Crippen LogP contribution in [-0.4, -0.2) is 17.1 Å². The number of carbonyl (C=O) groups excluding carboxylic acids is 1. The fourth-order valence-electron chi connectivity index (χ4n) is 1.96. The standard InChI is InChI=1S/C15H11F3N4O2/c1-9-13(21-22-19)5-10(8-20-9)6-14(23)11-3-2-4-12(7-11)24-15(16,17)18/h2-5,7-8H,6H2,1H3. The number of carbonyl (C=O) groups is 1. The predicted octanol–water partition coefficient (Wildman–Crippen LogP) is 4.66. The largest absolute Gasteiger partial charge is 0.573 e. The van der Waals surface area contributed by atoms with E-state index < -0.39 is 17.9 Å². The quantitative estimate of drug-likeness (QED) is 0.344. The molecule has 0 aliphatic carbocycles. The molecule has 0 saturated heterocycles. The highest BCUT2D eigenvalue weighted by Crippen LogP contribution is 2.24. The number of aromatic nitrogens is 1. The normalized spacial score (nSPS) is 10.8. The molecule has 0 N–H and O–H groups in total. The summed E-state index contributed by atoms with van der Waals surface area (Å²) in [5.74, 6) is -0.884. The van der Waals surface area contributed by atoms with Gasteiger partial charge >= 0.3 is 6.36 Å². The Morgan fingerprint density at radius 1 is 1.38 bits per heavy atom. The van der Waals surface area contributed by atoms with E-state index in [1.807, 2.05) is 0 Å². The molecule has 0 aliphatic rings. The number of ether oxygens (including phenoxy) is 1. The second kappa shape index (κ2) is 7.01. The topological polar surface area (TPSA) is 88.0 Å². The number of hydrogen-bond donors (Lipinski definition) is 0. The van der Waals surface area contributed by atoms with Crippen LogP contribution in [0.15, 0.2) is 41.6 Å². The Balaban J connectivity index is 2.20. The molecule has 0 fully saturated rings. The number of azide groups is 1. The summed E-state index contributed by atoms with van der Waals surface area (Å²) in [7, 11) is 0. The molecule has 2 rings (SSSR count). The lowest BCUT2D eigenvalue weighted by Crippen LogP contribution is -2.17. The second-order valence-electron chi connectivity index (χ2n) is 4.81. The Hall–Kier alpha value is -3.06. The Morgan fingerprint density at radius 2 is 2.12 bits per heavy atom. The zero-order chi connectivity index (χ0) is 17.7. The Morgan fingerprint density at radius 3 is 2.79 bits per heavy atom. The van der Waals surface area contributed by atoms with E-state index in [0.29, 0.717) is 11.3 Å². The molecule has 0 aliphatic heterocycles. The number of nitrogens with zero attached hydrogens (tertiary/aromatic N) is 4. The number of rotatable bonds is 5. The lowest BCUT2D eigenvalue weighted by molar-refractivity contribution is -0.274. The maximum absolute atomic E-state index is 12.2. The van der Waals surface area contributed by atoms with Crippen LogP contribution in [-0.2, 0) is 6.42 Å². The Kier molecular flexibility index (Phi) is 5.05. The Labute approximate surface area is 134 Å². The highest BCUT2D eigenvalue weighted by atomic mass is 19.4. The maximum Gasteiger partial charge on any atom is 0.573 e. The second-order valence-corrected chi connectivity index (χ2v) is 4.81. The van der Waals surface area contributed by atoms with Crippen LogP contribution in [0.3, 0.4) is 0 Å². The van der Waals surface area contributed by atoms with Crippen LogP contribution in [0, 0.1) is 6.92 Å². The fraction of sp³-hybridized carbons (Fsp3) is 0.200. The number of halogens is 3. The molecule has 24 heavy (non-hydrogen) atoms. The summed E-state index contributed by atoms with van der Waals surface area (Å²) in [6.07, 6.45) is -3.48. The molecule has 124 valence electrons. The van der Waals surface area contributed by atoms with Crippen LogP contribution in [0.1, 0.15) is 21.6 Å². The number of ketones is 1. The van der Waals surface area contributed by atoms with Gasteiger partial charge in [0.05, 0.1) is 5.69 Å². The van der Waals surface area contributed by atoms with Crippen molar-refractivity contribution in [2.75, 3.05) is 0 Å². The number of pyridine rings is 1. The van der Waals surface area contributed by atoms with E-state index in [-0.39, 0.29) is 17.7 Å². The smallest absolute Gasteiger partial charge is 0.406 e. The van der Waals surface area contributed by atoms with E-state index in [1.54, 1.807) is 6.92 Å². The number of aryl methyl sites for hydroxylation is 1. The van der Waals surface area contributed by atoms with Gasteiger partial charge < -0.3 is 4.74 Å². The van der Waals surface area contributed by atoms with Crippen LogP contribution < -0.4 is 4.74 Å². The third-order valence-electron chi connectivity index (χ3n) is 3.02. The summed E-state index contributed by atoms with van der Waals surface area (Å²) in [5, 5.41) is 3.46. The molecule has 0 unspecified atom stereocenters. The summed E-state index contributed by atoms with van der Waals surface area (Å²) in [6.45, 7) is 1.65. The molecule has 0 spiro atoms. The van der Waals surface area contributed by atoms with Gasteiger partial charge in [0, 0.05) is 28.8 Å². The summed E-state index contributed by atoms with van der Waals surface area (Å²) in [4.78, 5) is 18.9. The number of benzene rings is 1. The summed E-state index contributed by atoms with van der Waals surface area (Å²) < 4.78 is 40.5. The molecule has 0 saturated carbocycles. The van der Waals surface area contributed by atoms with Gasteiger partial charge in [-0.1, -0.05) is 17.2 Å². The van der Waals surface area contributed by atoms with Crippen LogP contribution >= 0.6 is 0 Å². The SMILES string of the molecule is Cc1ncc(CC(=O)c2cccc(OC(F)(F)F)c2)cc1N=[N+]=[N-]. The van der Waals surface area contributed by atoms with E-state index in [0.717, 1.165) is 12.1 Å². The van der Waals surface area contributed by atoms with Gasteiger partial charge in [-0.25, -0.2) is 0 Å². The monoisotopic (exact) mass is 336 g/mol. The van der Waals surface area contributed by atoms with Crippen molar-refractivity contribution in [3.05, 3.63) is 63.8 Å². The average Bonchev–Trinajstić information content (AvgIpc) is 2.49. The number of hydrogen-bond acceptors (Lipinski definition) is 4. The van der Waals surface area contributed by atoms with Crippen molar-refractivity contribution in [3.63, 3.8) is 0 Å². The maximum atomic E-state index is 12.2. The number of Topliss-reactive ketones (excluding diaryl/α,β-unsaturated/α-hetero) is 1. The van der Waals surface area contributed by atoms with Crippen molar-refractivity contribution in [2.24, 2.45) is 5.11 Å². The minimum absolute atomic E-state index is 0.0719. The van der Waals surface area contributed by atoms with Crippen molar-refractivity contribution in [1.29, 1.82) is 0 Å². The molecule has 0 atom stereocenters. The third kappa shape index (κ3) is 4.72. The van der Waals surface area contributed by atoms with Gasteiger partial charge in [0.25, 0.3) is 0 Å². The van der Waals surface area contributed by atoms with Crippen molar-refractivity contribution in [2.45, 2.75) is 19.7 Å². The van der Waals surface area contributed by atoms with Crippen LogP contribution in [0.2, 0.25) is 0 Å². The zero-order valence-electron chi connectivity index (χ0n) is 12.4. The minimum Gasteiger partial charge on any atom is -0.406 e. The summed E-state index contributed by atoms with van der Waals surface area (Å²) in [5.41, 5.74) is 9.82. The molecule has 1 aromatic heterocycles. The molecule has 2 aromatic rings. The average molecular weight is 336 g/mol. The zero-order valence-corrected chi connectivity index (χ0v) is 12.4. The molecule has 0 amide bonds. The number of alkyl halides is 3. The minimum atomic E-state index is -4.83. The van der Waals surface area contributed by atoms with Crippen molar-refractivity contribution in [1.82, 2.24) is 4.98 Å². The molecule has 1 heterocycles. The fourth-order valence-corrected chi connectivity index (χ4v) is 1.96. The van der Waals surface area contributed by atoms with E-state index in [4.69, 9.17) is 5.53 Å². The van der Waals surface area contributed by atoms with Crippen molar-refractivity contribution < 1.29 is 22.7 Å². The van der Waals surface area contributed by atoms with Gasteiger partial charge in [-0.05, 0) is 36.2 Å². The van der Waals surface area contributed by atoms with Crippen molar-refractivity contribution in [3.8, 4) is 5.75 Å². The summed E-state index contributed by atoms with van der Waals surface area (Å²) >= 11 is 0.